The standard InChI is InChI=1S/C12H16ClF2N/c1-2-6-16-11(12(14)15)8-9-4-3-5-10(13)7-9/h3-5,7,11-12,16H,2,6,8H2,1H3. The zero-order valence-corrected chi connectivity index (χ0v) is 9.98. The molecule has 1 unspecified atom stereocenters. The molecule has 0 aliphatic rings. The summed E-state index contributed by atoms with van der Waals surface area (Å²) >= 11 is 5.80. The van der Waals surface area contributed by atoms with Gasteiger partial charge < -0.3 is 5.32 Å². The highest BCUT2D eigenvalue weighted by Gasteiger charge is 2.19. The van der Waals surface area contributed by atoms with E-state index in [9.17, 15) is 8.78 Å². The van der Waals surface area contributed by atoms with E-state index < -0.39 is 12.5 Å². The van der Waals surface area contributed by atoms with E-state index in [1.54, 1.807) is 18.2 Å². The van der Waals surface area contributed by atoms with Crippen LogP contribution >= 0.6 is 11.6 Å². The van der Waals surface area contributed by atoms with Gasteiger partial charge >= 0.3 is 0 Å². The van der Waals surface area contributed by atoms with Crippen LogP contribution in [0.25, 0.3) is 0 Å². The third kappa shape index (κ3) is 4.45. The average Bonchev–Trinajstić information content (AvgIpc) is 2.24. The van der Waals surface area contributed by atoms with Crippen molar-refractivity contribution in [2.75, 3.05) is 6.54 Å². The first kappa shape index (κ1) is 13.4. The van der Waals surface area contributed by atoms with Gasteiger partial charge in [0.25, 0.3) is 6.43 Å². The Hall–Kier alpha value is -0.670. The van der Waals surface area contributed by atoms with Crippen molar-refractivity contribution in [1.29, 1.82) is 0 Å². The molecule has 0 aliphatic carbocycles. The molecule has 0 fully saturated rings. The lowest BCUT2D eigenvalue weighted by atomic mass is 10.1. The summed E-state index contributed by atoms with van der Waals surface area (Å²) in [5.74, 6) is 0. The quantitative estimate of drug-likeness (QED) is 0.811. The van der Waals surface area contributed by atoms with Crippen molar-refractivity contribution in [2.45, 2.75) is 32.2 Å². The van der Waals surface area contributed by atoms with E-state index in [0.717, 1.165) is 12.0 Å². The molecule has 0 bridgehead atoms. The van der Waals surface area contributed by atoms with Crippen molar-refractivity contribution in [3.63, 3.8) is 0 Å². The van der Waals surface area contributed by atoms with Crippen LogP contribution in [0.4, 0.5) is 8.78 Å². The maximum absolute atomic E-state index is 12.7. The zero-order chi connectivity index (χ0) is 12.0. The Morgan fingerprint density at radius 1 is 1.38 bits per heavy atom. The normalized spacial score (nSPS) is 13.1. The fourth-order valence-electron chi connectivity index (χ4n) is 1.50. The minimum atomic E-state index is -2.36. The number of rotatable bonds is 6. The summed E-state index contributed by atoms with van der Waals surface area (Å²) in [6.07, 6.45) is -1.21. The monoisotopic (exact) mass is 247 g/mol. The van der Waals surface area contributed by atoms with Gasteiger partial charge in [-0.15, -0.1) is 0 Å². The van der Waals surface area contributed by atoms with Gasteiger partial charge in [0.05, 0.1) is 6.04 Å². The largest absolute Gasteiger partial charge is 0.309 e. The fourth-order valence-corrected chi connectivity index (χ4v) is 1.71. The lowest BCUT2D eigenvalue weighted by Gasteiger charge is -2.17. The number of nitrogens with one attached hydrogen (secondary N) is 1. The Morgan fingerprint density at radius 3 is 2.69 bits per heavy atom. The molecule has 0 aliphatic heterocycles. The van der Waals surface area contributed by atoms with E-state index >= 15 is 0 Å². The van der Waals surface area contributed by atoms with Crippen molar-refractivity contribution >= 4 is 11.6 Å². The summed E-state index contributed by atoms with van der Waals surface area (Å²) in [6, 6.07) is 6.26. The fraction of sp³-hybridized carbons (Fsp3) is 0.500. The first-order chi connectivity index (χ1) is 7.63. The van der Waals surface area contributed by atoms with Crippen LogP contribution in [0, 0.1) is 0 Å². The molecular weight excluding hydrogens is 232 g/mol. The van der Waals surface area contributed by atoms with E-state index in [4.69, 9.17) is 11.6 Å². The molecule has 0 spiro atoms. The molecule has 4 heteroatoms. The van der Waals surface area contributed by atoms with Crippen LogP contribution in [0.1, 0.15) is 18.9 Å². The molecule has 1 rings (SSSR count). The van der Waals surface area contributed by atoms with E-state index in [1.165, 1.54) is 0 Å². The molecule has 0 heterocycles. The van der Waals surface area contributed by atoms with E-state index in [-0.39, 0.29) is 0 Å². The lowest BCUT2D eigenvalue weighted by Crippen LogP contribution is -2.37. The SMILES string of the molecule is CCCNC(Cc1cccc(Cl)c1)C(F)F. The Labute approximate surface area is 99.8 Å². The van der Waals surface area contributed by atoms with Crippen molar-refractivity contribution in [2.24, 2.45) is 0 Å². The molecule has 0 aromatic heterocycles. The zero-order valence-electron chi connectivity index (χ0n) is 9.22. The summed E-state index contributed by atoms with van der Waals surface area (Å²) in [4.78, 5) is 0. The van der Waals surface area contributed by atoms with Crippen molar-refractivity contribution in [3.8, 4) is 0 Å². The second-order valence-corrected chi connectivity index (χ2v) is 4.17. The first-order valence-electron chi connectivity index (χ1n) is 5.39. The first-order valence-corrected chi connectivity index (χ1v) is 5.77. The Morgan fingerprint density at radius 2 is 2.12 bits per heavy atom. The van der Waals surface area contributed by atoms with Crippen LogP contribution in [0.3, 0.4) is 0 Å². The van der Waals surface area contributed by atoms with Crippen LogP contribution in [-0.4, -0.2) is 19.0 Å². The summed E-state index contributed by atoms with van der Waals surface area (Å²) < 4.78 is 25.4. The summed E-state index contributed by atoms with van der Waals surface area (Å²) in [7, 11) is 0. The highest BCUT2D eigenvalue weighted by molar-refractivity contribution is 6.30. The highest BCUT2D eigenvalue weighted by Crippen LogP contribution is 2.14. The maximum atomic E-state index is 12.7. The summed E-state index contributed by atoms with van der Waals surface area (Å²) in [5, 5.41) is 3.43. The smallest absolute Gasteiger partial charge is 0.254 e. The van der Waals surface area contributed by atoms with Gasteiger partial charge in [0.15, 0.2) is 0 Å². The number of benzene rings is 1. The van der Waals surface area contributed by atoms with Crippen molar-refractivity contribution < 1.29 is 8.78 Å². The molecule has 0 radical (unpaired) electrons. The van der Waals surface area contributed by atoms with Crippen LogP contribution in [-0.2, 0) is 6.42 Å². The molecule has 90 valence electrons. The summed E-state index contributed by atoms with van der Waals surface area (Å²) in [6.45, 7) is 2.56. The Bertz CT molecular complexity index is 318. The highest BCUT2D eigenvalue weighted by atomic mass is 35.5. The Kier molecular flexibility index (Phi) is 5.71. The van der Waals surface area contributed by atoms with Gasteiger partial charge in [-0.25, -0.2) is 8.78 Å². The molecule has 0 saturated heterocycles. The van der Waals surface area contributed by atoms with Crippen LogP contribution in [0.2, 0.25) is 5.02 Å². The van der Waals surface area contributed by atoms with Crippen LogP contribution in [0.5, 0.6) is 0 Å². The number of hydrogen-bond acceptors (Lipinski definition) is 1. The minimum Gasteiger partial charge on any atom is -0.309 e. The van der Waals surface area contributed by atoms with Gasteiger partial charge in [0.1, 0.15) is 0 Å². The average molecular weight is 248 g/mol. The predicted octanol–water partition coefficient (Wildman–Crippen LogP) is 3.52. The summed E-state index contributed by atoms with van der Waals surface area (Å²) in [5.41, 5.74) is 0.835. The predicted molar refractivity (Wildman–Crippen MR) is 63.2 cm³/mol. The van der Waals surface area contributed by atoms with Gasteiger partial charge in [0.2, 0.25) is 0 Å². The van der Waals surface area contributed by atoms with Gasteiger partial charge in [0, 0.05) is 5.02 Å². The van der Waals surface area contributed by atoms with Gasteiger partial charge in [-0.2, -0.15) is 0 Å². The number of hydrogen-bond donors (Lipinski definition) is 1. The minimum absolute atomic E-state index is 0.304. The molecular formula is C12H16ClF2N. The molecule has 0 amide bonds. The molecule has 1 nitrogen and oxygen atoms in total. The van der Waals surface area contributed by atoms with Gasteiger partial charge in [-0.05, 0) is 37.1 Å². The van der Waals surface area contributed by atoms with Gasteiger partial charge in [-0.3, -0.25) is 0 Å². The van der Waals surface area contributed by atoms with E-state index in [1.807, 2.05) is 13.0 Å². The van der Waals surface area contributed by atoms with Crippen molar-refractivity contribution in [3.05, 3.63) is 34.9 Å². The maximum Gasteiger partial charge on any atom is 0.254 e. The third-order valence-electron chi connectivity index (χ3n) is 2.31. The topological polar surface area (TPSA) is 12.0 Å². The molecule has 0 saturated carbocycles. The van der Waals surface area contributed by atoms with Crippen LogP contribution < -0.4 is 5.32 Å². The lowest BCUT2D eigenvalue weighted by molar-refractivity contribution is 0.0983. The number of halogens is 3. The third-order valence-corrected chi connectivity index (χ3v) is 2.54. The molecule has 1 aromatic carbocycles. The number of alkyl halides is 2. The van der Waals surface area contributed by atoms with Gasteiger partial charge in [-0.1, -0.05) is 30.7 Å². The Balaban J connectivity index is 2.60. The van der Waals surface area contributed by atoms with Crippen LogP contribution in [0.15, 0.2) is 24.3 Å². The second kappa shape index (κ2) is 6.81. The molecule has 1 atom stereocenters. The van der Waals surface area contributed by atoms with Crippen molar-refractivity contribution in [1.82, 2.24) is 5.32 Å². The molecule has 16 heavy (non-hydrogen) atoms. The molecule has 1 N–H and O–H groups in total. The second-order valence-electron chi connectivity index (χ2n) is 3.73. The van der Waals surface area contributed by atoms with E-state index in [2.05, 4.69) is 5.32 Å². The molecule has 1 aromatic rings. The van der Waals surface area contributed by atoms with E-state index in [0.29, 0.717) is 18.0 Å².